The van der Waals surface area contributed by atoms with Crippen molar-refractivity contribution >= 4 is 21.9 Å². The Balaban J connectivity index is 3.15. The lowest BCUT2D eigenvalue weighted by atomic mass is 10.3. The lowest BCUT2D eigenvalue weighted by Gasteiger charge is -2.05. The van der Waals surface area contributed by atoms with E-state index in [2.05, 4.69) is 25.7 Å². The van der Waals surface area contributed by atoms with Gasteiger partial charge in [0, 0.05) is 6.20 Å². The van der Waals surface area contributed by atoms with Crippen LogP contribution in [0.3, 0.4) is 0 Å². The first-order chi connectivity index (χ1) is 6.20. The molecule has 0 saturated carbocycles. The van der Waals surface area contributed by atoms with Crippen LogP contribution >= 0.6 is 15.9 Å². The minimum atomic E-state index is -0.495. The molecule has 0 saturated heterocycles. The number of esters is 1. The van der Waals surface area contributed by atoms with Crippen LogP contribution < -0.4 is 4.74 Å². The van der Waals surface area contributed by atoms with Gasteiger partial charge in [-0.2, -0.15) is 0 Å². The summed E-state index contributed by atoms with van der Waals surface area (Å²) in [6.45, 7) is 0. The normalized spacial score (nSPS) is 9.46. The predicted molar refractivity (Wildman–Crippen MR) is 49.8 cm³/mol. The molecule has 0 bridgehead atoms. The first kappa shape index (κ1) is 9.98. The second-order valence-corrected chi connectivity index (χ2v) is 2.96. The van der Waals surface area contributed by atoms with Gasteiger partial charge in [-0.05, 0) is 22.0 Å². The van der Waals surface area contributed by atoms with Gasteiger partial charge in [-0.1, -0.05) is 0 Å². The van der Waals surface area contributed by atoms with Crippen LogP contribution in [0, 0.1) is 0 Å². The highest BCUT2D eigenvalue weighted by molar-refractivity contribution is 9.10. The molecule has 1 aromatic heterocycles. The van der Waals surface area contributed by atoms with Gasteiger partial charge in [0.25, 0.3) is 0 Å². The summed E-state index contributed by atoms with van der Waals surface area (Å²) in [5.41, 5.74) is 0.210. The topological polar surface area (TPSA) is 48.4 Å². The number of hydrogen-bond donors (Lipinski definition) is 0. The second kappa shape index (κ2) is 4.23. The predicted octanol–water partition coefficient (Wildman–Crippen LogP) is 1.64. The SMILES string of the molecule is COC(=O)c1nccc(OC)c1Br. The number of ether oxygens (including phenoxy) is 2. The van der Waals surface area contributed by atoms with Crippen molar-refractivity contribution in [3.05, 3.63) is 22.4 Å². The summed E-state index contributed by atoms with van der Waals surface area (Å²) in [7, 11) is 2.82. The minimum Gasteiger partial charge on any atom is -0.495 e. The molecular weight excluding hydrogens is 238 g/mol. The largest absolute Gasteiger partial charge is 0.495 e. The molecule has 1 aromatic rings. The van der Waals surface area contributed by atoms with Crippen molar-refractivity contribution in [2.24, 2.45) is 0 Å². The van der Waals surface area contributed by atoms with E-state index in [1.807, 2.05) is 0 Å². The fraction of sp³-hybridized carbons (Fsp3) is 0.250. The Labute approximate surface area is 84.0 Å². The molecule has 0 unspecified atom stereocenters. The maximum atomic E-state index is 11.1. The summed E-state index contributed by atoms with van der Waals surface area (Å²) < 4.78 is 10.0. The number of carbonyl (C=O) groups excluding carboxylic acids is 1. The van der Waals surface area contributed by atoms with Crippen molar-refractivity contribution < 1.29 is 14.3 Å². The Morgan fingerprint density at radius 3 is 2.77 bits per heavy atom. The smallest absolute Gasteiger partial charge is 0.357 e. The molecule has 0 aromatic carbocycles. The molecule has 0 spiro atoms. The Kier molecular flexibility index (Phi) is 3.25. The number of aromatic nitrogens is 1. The van der Waals surface area contributed by atoms with Crippen molar-refractivity contribution in [2.75, 3.05) is 14.2 Å². The molecule has 0 radical (unpaired) electrons. The third kappa shape index (κ3) is 1.98. The summed E-state index contributed by atoms with van der Waals surface area (Å²) in [6.07, 6.45) is 1.48. The number of rotatable bonds is 2. The highest BCUT2D eigenvalue weighted by Crippen LogP contribution is 2.26. The van der Waals surface area contributed by atoms with E-state index in [1.165, 1.54) is 20.4 Å². The van der Waals surface area contributed by atoms with Crippen LogP contribution in [-0.4, -0.2) is 25.2 Å². The minimum absolute atomic E-state index is 0.210. The molecule has 13 heavy (non-hydrogen) atoms. The lowest BCUT2D eigenvalue weighted by molar-refractivity contribution is 0.0592. The van der Waals surface area contributed by atoms with Crippen molar-refractivity contribution in [3.8, 4) is 5.75 Å². The fourth-order valence-corrected chi connectivity index (χ4v) is 1.38. The van der Waals surface area contributed by atoms with Gasteiger partial charge in [0.1, 0.15) is 5.75 Å². The standard InChI is InChI=1S/C8H8BrNO3/c1-12-5-3-4-10-7(6(5)9)8(11)13-2/h3-4H,1-2H3. The first-order valence-corrected chi connectivity index (χ1v) is 4.26. The van der Waals surface area contributed by atoms with Crippen LogP contribution in [-0.2, 0) is 4.74 Å². The Hall–Kier alpha value is -1.10. The molecule has 1 rings (SSSR count). The highest BCUT2D eigenvalue weighted by Gasteiger charge is 2.14. The van der Waals surface area contributed by atoms with E-state index in [1.54, 1.807) is 6.07 Å². The zero-order chi connectivity index (χ0) is 9.84. The van der Waals surface area contributed by atoms with Gasteiger partial charge in [-0.25, -0.2) is 9.78 Å². The highest BCUT2D eigenvalue weighted by atomic mass is 79.9. The average Bonchev–Trinajstić information content (AvgIpc) is 2.17. The zero-order valence-corrected chi connectivity index (χ0v) is 8.79. The summed E-state index contributed by atoms with van der Waals surface area (Å²) in [5, 5.41) is 0. The van der Waals surface area contributed by atoms with Crippen LogP contribution in [0.25, 0.3) is 0 Å². The number of methoxy groups -OCH3 is 2. The van der Waals surface area contributed by atoms with Crippen LogP contribution in [0.15, 0.2) is 16.7 Å². The van der Waals surface area contributed by atoms with E-state index in [0.717, 1.165) is 0 Å². The van der Waals surface area contributed by atoms with Crippen LogP contribution in [0.1, 0.15) is 10.5 Å². The van der Waals surface area contributed by atoms with Gasteiger partial charge in [0.05, 0.1) is 18.7 Å². The Morgan fingerprint density at radius 2 is 2.23 bits per heavy atom. The van der Waals surface area contributed by atoms with Crippen molar-refractivity contribution in [1.29, 1.82) is 0 Å². The van der Waals surface area contributed by atoms with Gasteiger partial charge < -0.3 is 9.47 Å². The van der Waals surface area contributed by atoms with Gasteiger partial charge in [-0.3, -0.25) is 0 Å². The summed E-state index contributed by atoms with van der Waals surface area (Å²) in [6, 6.07) is 1.65. The molecule has 0 aliphatic heterocycles. The molecule has 0 aliphatic carbocycles. The Bertz CT molecular complexity index is 327. The van der Waals surface area contributed by atoms with Gasteiger partial charge >= 0.3 is 5.97 Å². The summed E-state index contributed by atoms with van der Waals surface area (Å²) in [5.74, 6) is 0.0566. The third-order valence-corrected chi connectivity index (χ3v) is 2.22. The van der Waals surface area contributed by atoms with Crippen molar-refractivity contribution in [1.82, 2.24) is 4.98 Å². The zero-order valence-electron chi connectivity index (χ0n) is 7.20. The van der Waals surface area contributed by atoms with Crippen molar-refractivity contribution in [2.45, 2.75) is 0 Å². The molecule has 0 atom stereocenters. The van der Waals surface area contributed by atoms with Gasteiger partial charge in [-0.15, -0.1) is 0 Å². The summed E-state index contributed by atoms with van der Waals surface area (Å²) in [4.78, 5) is 15.0. The summed E-state index contributed by atoms with van der Waals surface area (Å²) >= 11 is 3.19. The number of pyridine rings is 1. The Morgan fingerprint density at radius 1 is 1.54 bits per heavy atom. The third-order valence-electron chi connectivity index (χ3n) is 1.45. The van der Waals surface area contributed by atoms with E-state index in [-0.39, 0.29) is 5.69 Å². The molecule has 5 heteroatoms. The molecule has 70 valence electrons. The van der Waals surface area contributed by atoms with E-state index in [0.29, 0.717) is 10.2 Å². The number of carbonyl (C=O) groups is 1. The molecule has 0 fully saturated rings. The number of nitrogens with zero attached hydrogens (tertiary/aromatic N) is 1. The first-order valence-electron chi connectivity index (χ1n) is 3.47. The van der Waals surface area contributed by atoms with Crippen LogP contribution in [0.4, 0.5) is 0 Å². The molecule has 0 amide bonds. The van der Waals surface area contributed by atoms with E-state index < -0.39 is 5.97 Å². The molecular formula is C8H8BrNO3. The maximum Gasteiger partial charge on any atom is 0.357 e. The van der Waals surface area contributed by atoms with Gasteiger partial charge in [0.2, 0.25) is 0 Å². The molecule has 0 aliphatic rings. The van der Waals surface area contributed by atoms with Crippen LogP contribution in [0.2, 0.25) is 0 Å². The maximum absolute atomic E-state index is 11.1. The van der Waals surface area contributed by atoms with Gasteiger partial charge in [0.15, 0.2) is 5.69 Å². The number of halogens is 1. The molecule has 4 nitrogen and oxygen atoms in total. The molecule has 0 N–H and O–H groups in total. The fourth-order valence-electron chi connectivity index (χ4n) is 0.823. The van der Waals surface area contributed by atoms with E-state index in [4.69, 9.17) is 4.74 Å². The average molecular weight is 246 g/mol. The van der Waals surface area contributed by atoms with Crippen LogP contribution in [0.5, 0.6) is 5.75 Å². The quantitative estimate of drug-likeness (QED) is 0.744. The van der Waals surface area contributed by atoms with Crippen molar-refractivity contribution in [3.63, 3.8) is 0 Å². The van der Waals surface area contributed by atoms with E-state index in [9.17, 15) is 4.79 Å². The number of hydrogen-bond acceptors (Lipinski definition) is 4. The lowest BCUT2D eigenvalue weighted by Crippen LogP contribution is -2.05. The molecule has 1 heterocycles. The second-order valence-electron chi connectivity index (χ2n) is 2.17. The van der Waals surface area contributed by atoms with E-state index >= 15 is 0 Å². The monoisotopic (exact) mass is 245 g/mol.